The number of aromatic nitrogens is 1. The van der Waals surface area contributed by atoms with Gasteiger partial charge in [-0.3, -0.25) is 4.79 Å². The van der Waals surface area contributed by atoms with E-state index in [9.17, 15) is 13.6 Å². The minimum atomic E-state index is -0.599. The fourth-order valence-corrected chi connectivity index (χ4v) is 4.80. The van der Waals surface area contributed by atoms with E-state index in [1.807, 2.05) is 24.4 Å². The van der Waals surface area contributed by atoms with Crippen LogP contribution in [0.3, 0.4) is 0 Å². The molecule has 1 aliphatic carbocycles. The van der Waals surface area contributed by atoms with E-state index in [1.54, 1.807) is 6.07 Å². The number of ether oxygens (including phenoxy) is 1. The third-order valence-electron chi connectivity index (χ3n) is 6.78. The number of hydrogen-bond donors (Lipinski definition) is 1. The van der Waals surface area contributed by atoms with E-state index in [-0.39, 0.29) is 36.1 Å². The van der Waals surface area contributed by atoms with Gasteiger partial charge in [0.15, 0.2) is 11.6 Å². The van der Waals surface area contributed by atoms with Crippen LogP contribution in [0.1, 0.15) is 48.0 Å². The number of hydrogen-bond acceptors (Lipinski definition) is 3. The van der Waals surface area contributed by atoms with Crippen LogP contribution < -0.4 is 10.5 Å². The number of nitrogens with two attached hydrogens (primary N) is 1. The van der Waals surface area contributed by atoms with Gasteiger partial charge in [-0.2, -0.15) is 0 Å². The van der Waals surface area contributed by atoms with Crippen molar-refractivity contribution in [3.05, 3.63) is 71.1 Å². The van der Waals surface area contributed by atoms with Crippen molar-refractivity contribution >= 4 is 35.3 Å². The summed E-state index contributed by atoms with van der Waals surface area (Å²) in [5.74, 6) is -1.19. The molecule has 0 saturated heterocycles. The van der Waals surface area contributed by atoms with Crippen molar-refractivity contribution in [3.8, 4) is 5.75 Å². The lowest BCUT2D eigenvalue weighted by molar-refractivity contribution is 0.0999. The number of carbonyl (C=O) groups excluding carboxylic acids is 1. The molecular weight excluding hydrogens is 460 g/mol. The molecular formula is C26H28ClF2N3O2. The standard InChI is InChI=1S/C26H27F2N3O2.ClH/c27-22-7-4-8-24-20(22)11-14-30(24)12-1-2-13-31(17-5-3-6-17)18-15-21-19(26(29)32)9-10-23(28)25(21)33-16-18;/h4,7-11,14-15,17H,1-3,5-6,12-13,16H2,(H2,29,32);1H. The lowest BCUT2D eigenvalue weighted by atomic mass is 9.90. The number of primary amides is 1. The van der Waals surface area contributed by atoms with Crippen LogP contribution in [-0.2, 0) is 6.54 Å². The van der Waals surface area contributed by atoms with Crippen LogP contribution in [0, 0.1) is 11.6 Å². The number of benzene rings is 2. The first-order valence-electron chi connectivity index (χ1n) is 11.5. The Labute approximate surface area is 203 Å². The normalized spacial score (nSPS) is 15.1. The first-order chi connectivity index (χ1) is 16.0. The highest BCUT2D eigenvalue weighted by atomic mass is 35.5. The number of fused-ring (bicyclic) bond motifs is 2. The maximum Gasteiger partial charge on any atom is 0.249 e. The van der Waals surface area contributed by atoms with Gasteiger partial charge in [-0.1, -0.05) is 6.07 Å². The average molecular weight is 488 g/mol. The SMILES string of the molecule is Cl.NC(=O)c1ccc(F)c2c1C=C(N(CCCCn1ccc3c(F)cccc31)C1CCC1)CO2. The third kappa shape index (κ3) is 4.49. The number of rotatable bonds is 8. The molecule has 0 unspecified atom stereocenters. The van der Waals surface area contributed by atoms with E-state index >= 15 is 0 Å². The van der Waals surface area contributed by atoms with Crippen molar-refractivity contribution in [2.45, 2.75) is 44.7 Å². The Balaban J connectivity index is 0.00000274. The van der Waals surface area contributed by atoms with Gasteiger partial charge < -0.3 is 19.9 Å². The quantitative estimate of drug-likeness (QED) is 0.426. The molecule has 5 rings (SSSR count). The smallest absolute Gasteiger partial charge is 0.249 e. The summed E-state index contributed by atoms with van der Waals surface area (Å²) >= 11 is 0. The Kier molecular flexibility index (Phi) is 7.12. The van der Waals surface area contributed by atoms with Gasteiger partial charge in [-0.05, 0) is 68.5 Å². The van der Waals surface area contributed by atoms with Crippen molar-refractivity contribution in [2.75, 3.05) is 13.2 Å². The number of aryl methyl sites for hydroxylation is 1. The predicted octanol–water partition coefficient (Wildman–Crippen LogP) is 5.51. The van der Waals surface area contributed by atoms with Crippen molar-refractivity contribution < 1.29 is 18.3 Å². The summed E-state index contributed by atoms with van der Waals surface area (Å²) in [6.07, 6.45) is 9.09. The summed E-state index contributed by atoms with van der Waals surface area (Å²) in [6, 6.07) is 10.0. The largest absolute Gasteiger partial charge is 0.484 e. The molecule has 180 valence electrons. The van der Waals surface area contributed by atoms with Crippen LogP contribution in [0.5, 0.6) is 5.75 Å². The maximum atomic E-state index is 14.3. The molecule has 8 heteroatoms. The van der Waals surface area contributed by atoms with Gasteiger partial charge in [0.1, 0.15) is 12.4 Å². The summed E-state index contributed by atoms with van der Waals surface area (Å²) in [4.78, 5) is 14.2. The van der Waals surface area contributed by atoms with Crippen LogP contribution in [0.4, 0.5) is 8.78 Å². The summed E-state index contributed by atoms with van der Waals surface area (Å²) in [7, 11) is 0. The third-order valence-corrected chi connectivity index (χ3v) is 6.78. The van der Waals surface area contributed by atoms with Crippen molar-refractivity contribution in [1.82, 2.24) is 9.47 Å². The molecule has 1 aromatic heterocycles. The van der Waals surface area contributed by atoms with Crippen molar-refractivity contribution in [1.29, 1.82) is 0 Å². The highest BCUT2D eigenvalue weighted by Crippen LogP contribution is 2.36. The van der Waals surface area contributed by atoms with E-state index in [4.69, 9.17) is 10.5 Å². The zero-order chi connectivity index (χ0) is 22.9. The van der Waals surface area contributed by atoms with E-state index in [0.717, 1.165) is 50.0 Å². The zero-order valence-electron chi connectivity index (χ0n) is 18.8. The summed E-state index contributed by atoms with van der Waals surface area (Å²) in [5.41, 5.74) is 8.07. The van der Waals surface area contributed by atoms with Crippen LogP contribution >= 0.6 is 12.4 Å². The summed E-state index contributed by atoms with van der Waals surface area (Å²) in [5, 5.41) is 0.647. The molecule has 0 bridgehead atoms. The minimum absolute atomic E-state index is 0. The highest BCUT2D eigenvalue weighted by Gasteiger charge is 2.30. The molecule has 0 spiro atoms. The monoisotopic (exact) mass is 487 g/mol. The maximum absolute atomic E-state index is 14.3. The molecule has 2 N–H and O–H groups in total. The van der Waals surface area contributed by atoms with Crippen LogP contribution in [-0.4, -0.2) is 34.6 Å². The molecule has 2 aliphatic rings. The fraction of sp³-hybridized carbons (Fsp3) is 0.346. The Bertz CT molecular complexity index is 1240. The van der Waals surface area contributed by atoms with Crippen molar-refractivity contribution in [3.63, 3.8) is 0 Å². The second-order valence-electron chi connectivity index (χ2n) is 8.79. The van der Waals surface area contributed by atoms with Gasteiger partial charge >= 0.3 is 0 Å². The first-order valence-corrected chi connectivity index (χ1v) is 11.5. The predicted molar refractivity (Wildman–Crippen MR) is 131 cm³/mol. The summed E-state index contributed by atoms with van der Waals surface area (Å²) < 4.78 is 36.0. The molecule has 0 atom stereocenters. The number of unbranched alkanes of at least 4 members (excludes halogenated alkanes) is 1. The zero-order valence-corrected chi connectivity index (χ0v) is 19.6. The van der Waals surface area contributed by atoms with Gasteiger partial charge in [-0.25, -0.2) is 8.78 Å². The molecule has 1 saturated carbocycles. The molecule has 1 amide bonds. The molecule has 3 aromatic rings. The van der Waals surface area contributed by atoms with E-state index in [0.29, 0.717) is 17.0 Å². The average Bonchev–Trinajstić information content (AvgIpc) is 3.18. The first kappa shape index (κ1) is 24.1. The molecule has 2 heterocycles. The van der Waals surface area contributed by atoms with E-state index in [2.05, 4.69) is 9.47 Å². The van der Waals surface area contributed by atoms with Crippen molar-refractivity contribution in [2.24, 2.45) is 5.73 Å². The number of amides is 1. The van der Waals surface area contributed by atoms with Gasteiger partial charge in [0.2, 0.25) is 5.91 Å². The fourth-order valence-electron chi connectivity index (χ4n) is 4.80. The van der Waals surface area contributed by atoms with Gasteiger partial charge in [-0.15, -0.1) is 12.4 Å². The van der Waals surface area contributed by atoms with Gasteiger partial charge in [0.25, 0.3) is 0 Å². The molecule has 34 heavy (non-hydrogen) atoms. The number of nitrogens with zero attached hydrogens (tertiary/aromatic N) is 2. The van der Waals surface area contributed by atoms with Crippen LogP contribution in [0.15, 0.2) is 48.3 Å². The second-order valence-corrected chi connectivity index (χ2v) is 8.79. The summed E-state index contributed by atoms with van der Waals surface area (Å²) in [6.45, 7) is 1.91. The second kappa shape index (κ2) is 10.1. The van der Waals surface area contributed by atoms with Crippen LogP contribution in [0.2, 0.25) is 0 Å². The topological polar surface area (TPSA) is 60.5 Å². The molecule has 1 fully saturated rings. The number of halogens is 3. The lowest BCUT2D eigenvalue weighted by Gasteiger charge is -2.41. The Hall–Kier alpha value is -3.06. The molecule has 2 aromatic carbocycles. The minimum Gasteiger partial charge on any atom is -0.484 e. The van der Waals surface area contributed by atoms with E-state index < -0.39 is 11.7 Å². The highest BCUT2D eigenvalue weighted by molar-refractivity contribution is 5.98. The molecule has 1 aliphatic heterocycles. The molecule has 5 nitrogen and oxygen atoms in total. The Morgan fingerprint density at radius 3 is 2.68 bits per heavy atom. The lowest BCUT2D eigenvalue weighted by Crippen LogP contribution is -2.42. The van der Waals surface area contributed by atoms with Crippen LogP contribution in [0.25, 0.3) is 17.0 Å². The molecule has 0 radical (unpaired) electrons. The van der Waals surface area contributed by atoms with Gasteiger partial charge in [0, 0.05) is 36.3 Å². The Morgan fingerprint density at radius 1 is 1.12 bits per heavy atom. The van der Waals surface area contributed by atoms with Gasteiger partial charge in [0.05, 0.1) is 16.8 Å². The van der Waals surface area contributed by atoms with E-state index in [1.165, 1.54) is 24.6 Å². The number of carbonyl (C=O) groups is 1. The Morgan fingerprint density at radius 2 is 1.94 bits per heavy atom.